The molecule has 0 aromatic carbocycles. The Morgan fingerprint density at radius 1 is 1.44 bits per heavy atom. The summed E-state index contributed by atoms with van der Waals surface area (Å²) in [6, 6.07) is 3.84. The average Bonchev–Trinajstić information content (AvgIpc) is 2.62. The number of amides is 1. The number of hydrogen-bond acceptors (Lipinski definition) is 3. The highest BCUT2D eigenvalue weighted by Gasteiger charge is 2.23. The van der Waals surface area contributed by atoms with Crippen LogP contribution in [0.5, 0.6) is 0 Å². The zero-order valence-corrected chi connectivity index (χ0v) is 11.2. The average molecular weight is 250 g/mol. The molecule has 4 nitrogen and oxygen atoms in total. The Kier molecular flexibility index (Phi) is 4.42. The zero-order valence-electron chi connectivity index (χ0n) is 11.2. The van der Waals surface area contributed by atoms with E-state index < -0.39 is 0 Å². The molecule has 1 aromatic heterocycles. The van der Waals surface area contributed by atoms with Crippen molar-refractivity contribution in [3.05, 3.63) is 23.7 Å². The van der Waals surface area contributed by atoms with Gasteiger partial charge in [-0.25, -0.2) is 0 Å². The van der Waals surface area contributed by atoms with Crippen molar-refractivity contribution in [3.63, 3.8) is 0 Å². The van der Waals surface area contributed by atoms with Gasteiger partial charge < -0.3 is 14.6 Å². The molecule has 0 bridgehead atoms. The number of carbonyl (C=O) groups is 1. The summed E-state index contributed by atoms with van der Waals surface area (Å²) in [7, 11) is 1.84. The molecule has 0 radical (unpaired) electrons. The molecule has 1 unspecified atom stereocenters. The Hall–Kier alpha value is -1.29. The van der Waals surface area contributed by atoms with Crippen molar-refractivity contribution in [1.29, 1.82) is 0 Å². The van der Waals surface area contributed by atoms with Crippen LogP contribution in [0.25, 0.3) is 0 Å². The van der Waals surface area contributed by atoms with Crippen LogP contribution < -0.4 is 5.32 Å². The Morgan fingerprint density at radius 3 is 3.00 bits per heavy atom. The van der Waals surface area contributed by atoms with Gasteiger partial charge >= 0.3 is 0 Å². The summed E-state index contributed by atoms with van der Waals surface area (Å²) in [6.45, 7) is 3.41. The zero-order chi connectivity index (χ0) is 13.0. The Labute approximate surface area is 108 Å². The summed E-state index contributed by atoms with van der Waals surface area (Å²) in [5.74, 6) is 1.90. The lowest BCUT2D eigenvalue weighted by molar-refractivity contribution is -0.133. The second-order valence-electron chi connectivity index (χ2n) is 5.06. The molecule has 4 heteroatoms. The topological polar surface area (TPSA) is 45.5 Å². The molecule has 2 rings (SSSR count). The predicted molar refractivity (Wildman–Crippen MR) is 70.2 cm³/mol. The lowest BCUT2D eigenvalue weighted by Crippen LogP contribution is -2.44. The molecule has 1 saturated heterocycles. The number of hydrogen-bond donors (Lipinski definition) is 1. The van der Waals surface area contributed by atoms with Crippen LogP contribution in [0.3, 0.4) is 0 Å². The highest BCUT2D eigenvalue weighted by Crippen LogP contribution is 2.13. The molecule has 1 aromatic rings. The number of nitrogens with zero attached hydrogens (tertiary/aromatic N) is 1. The van der Waals surface area contributed by atoms with E-state index in [1.54, 1.807) is 4.90 Å². The summed E-state index contributed by atoms with van der Waals surface area (Å²) in [5, 5.41) is 3.33. The molecule has 0 aliphatic carbocycles. The van der Waals surface area contributed by atoms with Crippen LogP contribution in [0.4, 0.5) is 0 Å². The van der Waals surface area contributed by atoms with Crippen LogP contribution in [0.2, 0.25) is 0 Å². The summed E-state index contributed by atoms with van der Waals surface area (Å²) in [4.78, 5) is 14.0. The minimum absolute atomic E-state index is 0.0199. The Morgan fingerprint density at radius 2 is 2.28 bits per heavy atom. The fourth-order valence-corrected chi connectivity index (χ4v) is 2.39. The van der Waals surface area contributed by atoms with Gasteiger partial charge in [0.15, 0.2) is 0 Å². The van der Waals surface area contributed by atoms with Crippen LogP contribution in [0, 0.1) is 6.92 Å². The monoisotopic (exact) mass is 250 g/mol. The van der Waals surface area contributed by atoms with E-state index in [1.807, 2.05) is 26.1 Å². The van der Waals surface area contributed by atoms with Crippen molar-refractivity contribution < 1.29 is 9.21 Å². The molecular formula is C14H22N2O2. The summed E-state index contributed by atoms with van der Waals surface area (Å²) >= 11 is 0. The van der Waals surface area contributed by atoms with Crippen molar-refractivity contribution in [2.45, 2.75) is 45.2 Å². The van der Waals surface area contributed by atoms with Gasteiger partial charge in [-0.3, -0.25) is 4.79 Å². The van der Waals surface area contributed by atoms with E-state index in [0.717, 1.165) is 30.9 Å². The number of likely N-dealkylation sites (N-methyl/N-ethyl adjacent to an activating group) is 1. The van der Waals surface area contributed by atoms with Gasteiger partial charge in [0.25, 0.3) is 0 Å². The highest BCUT2D eigenvalue weighted by molar-refractivity contribution is 5.81. The standard InChI is InChI=1S/C14H22N2O2/c1-11-7-8-12(18-11)10-16(2)14(17)13-6-4-3-5-9-15-13/h7-8,13,15H,3-6,9-10H2,1-2H3. The SMILES string of the molecule is Cc1ccc(CN(C)C(=O)C2CCCCCN2)o1. The summed E-state index contributed by atoms with van der Waals surface area (Å²) in [6.07, 6.45) is 4.47. The molecule has 1 aliphatic heterocycles. The first-order valence-electron chi connectivity index (χ1n) is 6.70. The van der Waals surface area contributed by atoms with Gasteiger partial charge in [0.2, 0.25) is 5.91 Å². The smallest absolute Gasteiger partial charge is 0.239 e. The lowest BCUT2D eigenvalue weighted by atomic mass is 10.1. The quantitative estimate of drug-likeness (QED) is 0.893. The van der Waals surface area contributed by atoms with Crippen molar-refractivity contribution >= 4 is 5.91 Å². The first-order chi connectivity index (χ1) is 8.66. The van der Waals surface area contributed by atoms with Crippen LogP contribution in [-0.2, 0) is 11.3 Å². The third-order valence-electron chi connectivity index (χ3n) is 3.42. The first-order valence-corrected chi connectivity index (χ1v) is 6.70. The summed E-state index contributed by atoms with van der Waals surface area (Å²) in [5.41, 5.74) is 0. The van der Waals surface area contributed by atoms with Gasteiger partial charge in [-0.2, -0.15) is 0 Å². The molecule has 18 heavy (non-hydrogen) atoms. The second-order valence-corrected chi connectivity index (χ2v) is 5.06. The van der Waals surface area contributed by atoms with Crippen molar-refractivity contribution in [3.8, 4) is 0 Å². The molecule has 0 spiro atoms. The van der Waals surface area contributed by atoms with Crippen LogP contribution >= 0.6 is 0 Å². The number of carbonyl (C=O) groups excluding carboxylic acids is 1. The van der Waals surface area contributed by atoms with Crippen LogP contribution in [0.15, 0.2) is 16.5 Å². The van der Waals surface area contributed by atoms with Gasteiger partial charge in [0.05, 0.1) is 12.6 Å². The van der Waals surface area contributed by atoms with Gasteiger partial charge in [-0.1, -0.05) is 12.8 Å². The molecule has 1 N–H and O–H groups in total. The Balaban J connectivity index is 1.91. The van der Waals surface area contributed by atoms with Gasteiger partial charge in [-0.15, -0.1) is 0 Å². The van der Waals surface area contributed by atoms with E-state index >= 15 is 0 Å². The second kappa shape index (κ2) is 6.05. The van der Waals surface area contributed by atoms with Crippen molar-refractivity contribution in [1.82, 2.24) is 10.2 Å². The van der Waals surface area contributed by atoms with Gasteiger partial charge in [-0.05, 0) is 38.4 Å². The van der Waals surface area contributed by atoms with Gasteiger partial charge in [0.1, 0.15) is 11.5 Å². The fourth-order valence-electron chi connectivity index (χ4n) is 2.39. The Bertz CT molecular complexity index is 392. The number of aryl methyl sites for hydroxylation is 1. The normalized spacial score (nSPS) is 20.4. The molecule has 1 atom stereocenters. The van der Waals surface area contributed by atoms with E-state index in [0.29, 0.717) is 6.54 Å². The maximum atomic E-state index is 12.3. The fraction of sp³-hybridized carbons (Fsp3) is 0.643. The van der Waals surface area contributed by atoms with E-state index in [9.17, 15) is 4.79 Å². The molecule has 100 valence electrons. The largest absolute Gasteiger partial charge is 0.464 e. The van der Waals surface area contributed by atoms with E-state index in [2.05, 4.69) is 5.32 Å². The van der Waals surface area contributed by atoms with Crippen molar-refractivity contribution in [2.75, 3.05) is 13.6 Å². The highest BCUT2D eigenvalue weighted by atomic mass is 16.3. The third kappa shape index (κ3) is 3.35. The predicted octanol–water partition coefficient (Wildman–Crippen LogP) is 2.08. The molecule has 0 saturated carbocycles. The minimum atomic E-state index is -0.0199. The van der Waals surface area contributed by atoms with E-state index in [1.165, 1.54) is 12.8 Å². The number of furan rings is 1. The third-order valence-corrected chi connectivity index (χ3v) is 3.42. The van der Waals surface area contributed by atoms with Crippen LogP contribution in [-0.4, -0.2) is 30.4 Å². The summed E-state index contributed by atoms with van der Waals surface area (Å²) < 4.78 is 5.50. The van der Waals surface area contributed by atoms with E-state index in [4.69, 9.17) is 4.42 Å². The number of rotatable bonds is 3. The van der Waals surface area contributed by atoms with Crippen molar-refractivity contribution in [2.24, 2.45) is 0 Å². The maximum absolute atomic E-state index is 12.3. The molecule has 1 fully saturated rings. The first kappa shape index (κ1) is 13.1. The van der Waals surface area contributed by atoms with E-state index in [-0.39, 0.29) is 11.9 Å². The van der Waals surface area contributed by atoms with Crippen LogP contribution in [0.1, 0.15) is 37.2 Å². The minimum Gasteiger partial charge on any atom is -0.464 e. The molecular weight excluding hydrogens is 228 g/mol. The molecule has 1 aliphatic rings. The number of nitrogens with one attached hydrogen (secondary N) is 1. The van der Waals surface area contributed by atoms with Gasteiger partial charge in [0, 0.05) is 7.05 Å². The maximum Gasteiger partial charge on any atom is 0.239 e. The lowest BCUT2D eigenvalue weighted by Gasteiger charge is -2.22. The molecule has 1 amide bonds. The molecule has 2 heterocycles.